The van der Waals surface area contributed by atoms with Gasteiger partial charge in [-0.3, -0.25) is 4.98 Å². The molecule has 0 aliphatic carbocycles. The molecule has 2 amide bonds. The number of carbonyl (C=O) groups is 2. The number of nitrogens with zero attached hydrogens (tertiary/aromatic N) is 2. The summed E-state index contributed by atoms with van der Waals surface area (Å²) in [6.07, 6.45) is 3.46. The van der Waals surface area contributed by atoms with Gasteiger partial charge in [-0.25, -0.2) is 9.59 Å². The van der Waals surface area contributed by atoms with Crippen LogP contribution in [0.1, 0.15) is 17.5 Å². The highest BCUT2D eigenvalue weighted by atomic mass is 16.5. The minimum Gasteiger partial charge on any atom is -0.480 e. The SMILES string of the molecule is COC1CC(C(=O)O)N(C(=O)NCc2ccncc2C)C1. The Balaban J connectivity index is 1.99. The Morgan fingerprint density at radius 2 is 2.33 bits per heavy atom. The maximum atomic E-state index is 12.2. The maximum Gasteiger partial charge on any atom is 0.326 e. The second kappa shape index (κ2) is 6.53. The number of urea groups is 1. The fourth-order valence-electron chi connectivity index (χ4n) is 2.40. The Kier molecular flexibility index (Phi) is 4.74. The number of methoxy groups -OCH3 is 1. The van der Waals surface area contributed by atoms with E-state index in [1.165, 1.54) is 12.0 Å². The number of carbonyl (C=O) groups excluding carboxylic acids is 1. The van der Waals surface area contributed by atoms with Crippen LogP contribution in [0.4, 0.5) is 4.79 Å². The number of nitrogens with one attached hydrogen (secondary N) is 1. The number of ether oxygens (including phenoxy) is 1. The summed E-state index contributed by atoms with van der Waals surface area (Å²) in [5.41, 5.74) is 1.93. The zero-order chi connectivity index (χ0) is 15.4. The molecule has 1 aromatic rings. The molecule has 2 unspecified atom stereocenters. The van der Waals surface area contributed by atoms with E-state index < -0.39 is 18.0 Å². The molecule has 2 N–H and O–H groups in total. The molecule has 0 aromatic carbocycles. The van der Waals surface area contributed by atoms with Crippen molar-refractivity contribution in [1.29, 1.82) is 0 Å². The monoisotopic (exact) mass is 293 g/mol. The number of rotatable bonds is 4. The molecule has 114 valence electrons. The number of aliphatic carboxylic acids is 1. The van der Waals surface area contributed by atoms with Gasteiger partial charge in [-0.05, 0) is 24.1 Å². The van der Waals surface area contributed by atoms with Crippen molar-refractivity contribution in [2.24, 2.45) is 0 Å². The van der Waals surface area contributed by atoms with E-state index in [9.17, 15) is 14.7 Å². The van der Waals surface area contributed by atoms with Gasteiger partial charge in [0.2, 0.25) is 0 Å². The lowest BCUT2D eigenvalue weighted by atomic mass is 10.1. The number of aryl methyl sites for hydroxylation is 1. The summed E-state index contributed by atoms with van der Waals surface area (Å²) in [4.78, 5) is 28.7. The third-order valence-corrected chi connectivity index (χ3v) is 3.71. The summed E-state index contributed by atoms with van der Waals surface area (Å²) in [6.45, 7) is 2.54. The molecule has 0 spiro atoms. The largest absolute Gasteiger partial charge is 0.480 e. The quantitative estimate of drug-likeness (QED) is 0.855. The first kappa shape index (κ1) is 15.2. The molecule has 7 heteroatoms. The number of carboxylic acids is 1. The Bertz CT molecular complexity index is 535. The number of likely N-dealkylation sites (tertiary alicyclic amines) is 1. The normalized spacial score (nSPS) is 21.3. The molecule has 2 heterocycles. The molecule has 0 bridgehead atoms. The van der Waals surface area contributed by atoms with Crippen LogP contribution >= 0.6 is 0 Å². The van der Waals surface area contributed by atoms with Gasteiger partial charge < -0.3 is 20.1 Å². The number of hydrogen-bond acceptors (Lipinski definition) is 4. The van der Waals surface area contributed by atoms with Crippen molar-refractivity contribution in [2.75, 3.05) is 13.7 Å². The van der Waals surface area contributed by atoms with Gasteiger partial charge in [-0.15, -0.1) is 0 Å². The van der Waals surface area contributed by atoms with Gasteiger partial charge in [0.25, 0.3) is 0 Å². The Morgan fingerprint density at radius 3 is 2.95 bits per heavy atom. The summed E-state index contributed by atoms with van der Waals surface area (Å²) in [7, 11) is 1.52. The summed E-state index contributed by atoms with van der Waals surface area (Å²) in [6, 6.07) is 0.596. The van der Waals surface area contributed by atoms with E-state index in [2.05, 4.69) is 10.3 Å². The van der Waals surface area contributed by atoms with Gasteiger partial charge in [0.05, 0.1) is 6.10 Å². The first-order valence-electron chi connectivity index (χ1n) is 6.72. The zero-order valence-corrected chi connectivity index (χ0v) is 12.1. The molecule has 2 rings (SSSR count). The molecule has 1 aliphatic heterocycles. The third-order valence-electron chi connectivity index (χ3n) is 3.71. The second-order valence-corrected chi connectivity index (χ2v) is 5.06. The van der Waals surface area contributed by atoms with Gasteiger partial charge in [0, 0.05) is 39.0 Å². The number of pyridine rings is 1. The van der Waals surface area contributed by atoms with Crippen molar-refractivity contribution < 1.29 is 19.4 Å². The number of aromatic nitrogens is 1. The number of amides is 2. The fourth-order valence-corrected chi connectivity index (χ4v) is 2.40. The molecule has 2 atom stereocenters. The highest BCUT2D eigenvalue weighted by Gasteiger charge is 2.39. The lowest BCUT2D eigenvalue weighted by Gasteiger charge is -2.21. The molecule has 7 nitrogen and oxygen atoms in total. The van der Waals surface area contributed by atoms with Crippen LogP contribution in [-0.2, 0) is 16.1 Å². The van der Waals surface area contributed by atoms with Crippen LogP contribution in [0.25, 0.3) is 0 Å². The number of hydrogen-bond donors (Lipinski definition) is 2. The van der Waals surface area contributed by atoms with Crippen LogP contribution < -0.4 is 5.32 Å². The topological polar surface area (TPSA) is 91.8 Å². The van der Waals surface area contributed by atoms with Crippen molar-refractivity contribution >= 4 is 12.0 Å². The molecule has 1 aromatic heterocycles. The Morgan fingerprint density at radius 1 is 1.57 bits per heavy atom. The van der Waals surface area contributed by atoms with E-state index >= 15 is 0 Å². The van der Waals surface area contributed by atoms with Crippen LogP contribution in [0.15, 0.2) is 18.5 Å². The third kappa shape index (κ3) is 3.49. The van der Waals surface area contributed by atoms with Crippen LogP contribution in [-0.4, -0.2) is 52.8 Å². The maximum absolute atomic E-state index is 12.2. The fraction of sp³-hybridized carbons (Fsp3) is 0.500. The van der Waals surface area contributed by atoms with Crippen LogP contribution in [0.2, 0.25) is 0 Å². The Labute approximate surface area is 122 Å². The van der Waals surface area contributed by atoms with Gasteiger partial charge in [-0.2, -0.15) is 0 Å². The van der Waals surface area contributed by atoms with Gasteiger partial charge in [0.1, 0.15) is 6.04 Å². The molecular formula is C14H19N3O4. The highest BCUT2D eigenvalue weighted by Crippen LogP contribution is 2.20. The molecular weight excluding hydrogens is 274 g/mol. The summed E-state index contributed by atoms with van der Waals surface area (Å²) in [5.74, 6) is -1.01. The van der Waals surface area contributed by atoms with Crippen molar-refractivity contribution in [3.8, 4) is 0 Å². The molecule has 1 aliphatic rings. The smallest absolute Gasteiger partial charge is 0.326 e. The molecule has 0 saturated carbocycles. The van der Waals surface area contributed by atoms with Gasteiger partial charge >= 0.3 is 12.0 Å². The average Bonchev–Trinajstić information content (AvgIpc) is 2.90. The van der Waals surface area contributed by atoms with E-state index in [-0.39, 0.29) is 12.6 Å². The minimum atomic E-state index is -1.01. The molecule has 1 saturated heterocycles. The van der Waals surface area contributed by atoms with Crippen molar-refractivity contribution in [3.05, 3.63) is 29.6 Å². The average molecular weight is 293 g/mol. The molecule has 0 radical (unpaired) electrons. The predicted octanol–water partition coefficient (Wildman–Crippen LogP) is 0.774. The van der Waals surface area contributed by atoms with Gasteiger partial charge in [-0.1, -0.05) is 0 Å². The van der Waals surface area contributed by atoms with E-state index in [0.717, 1.165) is 11.1 Å². The van der Waals surface area contributed by atoms with E-state index in [4.69, 9.17) is 4.74 Å². The van der Waals surface area contributed by atoms with Crippen molar-refractivity contribution in [3.63, 3.8) is 0 Å². The first-order chi connectivity index (χ1) is 10.0. The molecule has 1 fully saturated rings. The summed E-state index contributed by atoms with van der Waals surface area (Å²) in [5, 5.41) is 11.9. The minimum absolute atomic E-state index is 0.237. The highest BCUT2D eigenvalue weighted by molar-refractivity contribution is 5.83. The number of carboxylic acid groups (broad SMARTS) is 1. The first-order valence-corrected chi connectivity index (χ1v) is 6.72. The lowest BCUT2D eigenvalue weighted by Crippen LogP contribution is -2.46. The second-order valence-electron chi connectivity index (χ2n) is 5.06. The lowest BCUT2D eigenvalue weighted by molar-refractivity contribution is -0.141. The van der Waals surface area contributed by atoms with Crippen LogP contribution in [0.5, 0.6) is 0 Å². The van der Waals surface area contributed by atoms with Crippen molar-refractivity contribution in [2.45, 2.75) is 32.0 Å². The van der Waals surface area contributed by atoms with Crippen molar-refractivity contribution in [1.82, 2.24) is 15.2 Å². The van der Waals surface area contributed by atoms with Gasteiger partial charge in [0.15, 0.2) is 0 Å². The zero-order valence-electron chi connectivity index (χ0n) is 12.1. The van der Waals surface area contributed by atoms with E-state index in [1.807, 2.05) is 13.0 Å². The Hall–Kier alpha value is -2.15. The predicted molar refractivity (Wildman–Crippen MR) is 74.8 cm³/mol. The standard InChI is InChI=1S/C14H19N3O4/c1-9-6-15-4-3-10(9)7-16-14(20)17-8-11(21-2)5-12(17)13(18)19/h3-4,6,11-12H,5,7-8H2,1-2H3,(H,16,20)(H,18,19). The summed E-state index contributed by atoms with van der Waals surface area (Å²) < 4.78 is 5.16. The molecule has 21 heavy (non-hydrogen) atoms. The summed E-state index contributed by atoms with van der Waals surface area (Å²) >= 11 is 0. The van der Waals surface area contributed by atoms with E-state index in [0.29, 0.717) is 13.0 Å². The van der Waals surface area contributed by atoms with Crippen LogP contribution in [0, 0.1) is 6.92 Å². The van der Waals surface area contributed by atoms with E-state index in [1.54, 1.807) is 12.4 Å². The van der Waals surface area contributed by atoms with Crippen LogP contribution in [0.3, 0.4) is 0 Å².